The molecule has 0 unspecified atom stereocenters. The van der Waals surface area contributed by atoms with E-state index in [0.29, 0.717) is 23.8 Å². The zero-order chi connectivity index (χ0) is 19.1. The SMILES string of the molecule is CCOC(=O)c1ccc(Nc2cc(Nc3ccccc3CC)ncn2)cc1. The molecule has 0 aliphatic heterocycles. The molecule has 0 bridgehead atoms. The molecular weight excluding hydrogens is 340 g/mol. The summed E-state index contributed by atoms with van der Waals surface area (Å²) in [5, 5.41) is 6.55. The molecule has 0 aliphatic rings. The number of anilines is 4. The van der Waals surface area contributed by atoms with Crippen molar-refractivity contribution in [3.8, 4) is 0 Å². The van der Waals surface area contributed by atoms with Crippen LogP contribution in [0.4, 0.5) is 23.0 Å². The van der Waals surface area contributed by atoms with Crippen LogP contribution in [0.25, 0.3) is 0 Å². The lowest BCUT2D eigenvalue weighted by Crippen LogP contribution is -2.04. The van der Waals surface area contributed by atoms with Gasteiger partial charge in [0.25, 0.3) is 0 Å². The molecule has 138 valence electrons. The second kappa shape index (κ2) is 8.80. The molecule has 27 heavy (non-hydrogen) atoms. The Kier molecular flexibility index (Phi) is 5.99. The summed E-state index contributed by atoms with van der Waals surface area (Å²) in [4.78, 5) is 20.3. The monoisotopic (exact) mass is 362 g/mol. The number of rotatable bonds is 7. The molecule has 6 nitrogen and oxygen atoms in total. The zero-order valence-electron chi connectivity index (χ0n) is 15.4. The quantitative estimate of drug-likeness (QED) is 0.593. The maximum absolute atomic E-state index is 11.7. The van der Waals surface area contributed by atoms with Crippen LogP contribution in [0.5, 0.6) is 0 Å². The van der Waals surface area contributed by atoms with E-state index in [1.807, 2.05) is 36.4 Å². The van der Waals surface area contributed by atoms with Crippen molar-refractivity contribution in [1.82, 2.24) is 9.97 Å². The number of hydrogen-bond donors (Lipinski definition) is 2. The number of nitrogens with one attached hydrogen (secondary N) is 2. The van der Waals surface area contributed by atoms with Crippen LogP contribution in [0.2, 0.25) is 0 Å². The first-order valence-corrected chi connectivity index (χ1v) is 8.90. The number of aromatic nitrogens is 2. The van der Waals surface area contributed by atoms with E-state index in [4.69, 9.17) is 4.74 Å². The van der Waals surface area contributed by atoms with Crippen LogP contribution in [0, 0.1) is 0 Å². The van der Waals surface area contributed by atoms with E-state index in [-0.39, 0.29) is 5.97 Å². The van der Waals surface area contributed by atoms with Crippen molar-refractivity contribution in [1.29, 1.82) is 0 Å². The minimum atomic E-state index is -0.327. The Bertz CT molecular complexity index is 910. The van der Waals surface area contributed by atoms with Gasteiger partial charge in [-0.2, -0.15) is 0 Å². The molecule has 0 fully saturated rings. The van der Waals surface area contributed by atoms with Crippen LogP contribution >= 0.6 is 0 Å². The number of nitrogens with zero attached hydrogens (tertiary/aromatic N) is 2. The van der Waals surface area contributed by atoms with Gasteiger partial charge < -0.3 is 15.4 Å². The van der Waals surface area contributed by atoms with Gasteiger partial charge in [-0.3, -0.25) is 0 Å². The van der Waals surface area contributed by atoms with Crippen LogP contribution in [0.15, 0.2) is 60.9 Å². The zero-order valence-corrected chi connectivity index (χ0v) is 15.4. The molecule has 0 atom stereocenters. The number of aryl methyl sites for hydroxylation is 1. The summed E-state index contributed by atoms with van der Waals surface area (Å²) in [7, 11) is 0. The van der Waals surface area contributed by atoms with Gasteiger partial charge in [-0.1, -0.05) is 25.1 Å². The Morgan fingerprint density at radius 2 is 1.67 bits per heavy atom. The van der Waals surface area contributed by atoms with E-state index in [1.54, 1.807) is 19.1 Å². The molecular formula is C21H22N4O2. The lowest BCUT2D eigenvalue weighted by Gasteiger charge is -2.11. The van der Waals surface area contributed by atoms with E-state index in [1.165, 1.54) is 11.9 Å². The average molecular weight is 362 g/mol. The van der Waals surface area contributed by atoms with E-state index >= 15 is 0 Å². The van der Waals surface area contributed by atoms with Gasteiger partial charge in [-0.05, 0) is 49.2 Å². The van der Waals surface area contributed by atoms with Gasteiger partial charge in [0.05, 0.1) is 12.2 Å². The van der Waals surface area contributed by atoms with Crippen LogP contribution in [-0.2, 0) is 11.2 Å². The van der Waals surface area contributed by atoms with Crippen LogP contribution in [0.1, 0.15) is 29.8 Å². The van der Waals surface area contributed by atoms with E-state index in [9.17, 15) is 4.79 Å². The molecule has 0 radical (unpaired) electrons. The van der Waals surface area contributed by atoms with Gasteiger partial charge in [0, 0.05) is 17.4 Å². The van der Waals surface area contributed by atoms with Gasteiger partial charge in [-0.15, -0.1) is 0 Å². The number of esters is 1. The molecule has 1 aromatic heterocycles. The molecule has 2 aromatic carbocycles. The number of para-hydroxylation sites is 1. The summed E-state index contributed by atoms with van der Waals surface area (Å²) in [5.41, 5.74) is 3.59. The van der Waals surface area contributed by atoms with E-state index in [2.05, 4.69) is 33.6 Å². The molecule has 2 N–H and O–H groups in total. The Balaban J connectivity index is 1.71. The third kappa shape index (κ3) is 4.82. The van der Waals surface area contributed by atoms with Gasteiger partial charge in [-0.25, -0.2) is 14.8 Å². The lowest BCUT2D eigenvalue weighted by atomic mass is 10.1. The second-order valence-electron chi connectivity index (χ2n) is 5.85. The fourth-order valence-electron chi connectivity index (χ4n) is 2.63. The molecule has 0 spiro atoms. The Morgan fingerprint density at radius 1 is 0.963 bits per heavy atom. The summed E-state index contributed by atoms with van der Waals surface area (Å²) in [6, 6.07) is 17.0. The van der Waals surface area contributed by atoms with Crippen molar-refractivity contribution in [2.24, 2.45) is 0 Å². The predicted octanol–water partition coefficient (Wildman–Crippen LogP) is 4.70. The van der Waals surface area contributed by atoms with E-state index < -0.39 is 0 Å². The molecule has 0 aliphatic carbocycles. The van der Waals surface area contributed by atoms with Gasteiger partial charge >= 0.3 is 5.97 Å². The number of benzene rings is 2. The Hall–Kier alpha value is -3.41. The van der Waals surface area contributed by atoms with Crippen LogP contribution in [-0.4, -0.2) is 22.5 Å². The summed E-state index contributed by atoms with van der Waals surface area (Å²) >= 11 is 0. The van der Waals surface area contributed by atoms with Crippen molar-refractivity contribution in [2.75, 3.05) is 17.2 Å². The Labute approximate surface area is 158 Å². The van der Waals surface area contributed by atoms with Crippen molar-refractivity contribution in [3.63, 3.8) is 0 Å². The first-order valence-electron chi connectivity index (χ1n) is 8.90. The predicted molar refractivity (Wildman–Crippen MR) is 107 cm³/mol. The minimum absolute atomic E-state index is 0.327. The third-order valence-corrected chi connectivity index (χ3v) is 4.00. The molecule has 0 saturated carbocycles. The molecule has 3 rings (SSSR count). The van der Waals surface area contributed by atoms with E-state index in [0.717, 1.165) is 17.8 Å². The number of carbonyl (C=O) groups is 1. The van der Waals surface area contributed by atoms with Crippen molar-refractivity contribution >= 4 is 29.0 Å². The minimum Gasteiger partial charge on any atom is -0.462 e. The topological polar surface area (TPSA) is 76.1 Å². The maximum Gasteiger partial charge on any atom is 0.338 e. The summed E-state index contributed by atoms with van der Waals surface area (Å²) in [6.45, 7) is 4.26. The number of ether oxygens (including phenoxy) is 1. The highest BCUT2D eigenvalue weighted by atomic mass is 16.5. The summed E-state index contributed by atoms with van der Waals surface area (Å²) in [5.74, 6) is 1.04. The Morgan fingerprint density at radius 3 is 2.37 bits per heavy atom. The van der Waals surface area contributed by atoms with Crippen molar-refractivity contribution in [3.05, 3.63) is 72.1 Å². The highest BCUT2D eigenvalue weighted by Crippen LogP contribution is 2.22. The standard InChI is InChI=1S/C21H22N4O2/c1-3-15-7-5-6-8-18(15)25-20-13-19(22-14-23-20)24-17-11-9-16(10-12-17)21(26)27-4-2/h5-14H,3-4H2,1-2H3,(H2,22,23,24,25). The fourth-order valence-corrected chi connectivity index (χ4v) is 2.63. The van der Waals surface area contributed by atoms with Gasteiger partial charge in [0.2, 0.25) is 0 Å². The molecule has 0 amide bonds. The molecule has 6 heteroatoms. The molecule has 1 heterocycles. The molecule has 0 saturated heterocycles. The van der Waals surface area contributed by atoms with Crippen molar-refractivity contribution < 1.29 is 9.53 Å². The first-order chi connectivity index (χ1) is 13.2. The summed E-state index contributed by atoms with van der Waals surface area (Å²) in [6.07, 6.45) is 2.44. The van der Waals surface area contributed by atoms with Gasteiger partial charge in [0.1, 0.15) is 18.0 Å². The van der Waals surface area contributed by atoms with Crippen molar-refractivity contribution in [2.45, 2.75) is 20.3 Å². The molecule has 3 aromatic rings. The third-order valence-electron chi connectivity index (χ3n) is 4.00. The first kappa shape index (κ1) is 18.4. The number of carbonyl (C=O) groups excluding carboxylic acids is 1. The fraction of sp³-hybridized carbons (Fsp3) is 0.190. The highest BCUT2D eigenvalue weighted by Gasteiger charge is 2.07. The van der Waals surface area contributed by atoms with Crippen LogP contribution in [0.3, 0.4) is 0 Å². The highest BCUT2D eigenvalue weighted by molar-refractivity contribution is 5.89. The lowest BCUT2D eigenvalue weighted by molar-refractivity contribution is 0.0526. The second-order valence-corrected chi connectivity index (χ2v) is 5.85. The smallest absolute Gasteiger partial charge is 0.338 e. The largest absolute Gasteiger partial charge is 0.462 e. The van der Waals surface area contributed by atoms with Crippen LogP contribution < -0.4 is 10.6 Å². The maximum atomic E-state index is 11.7. The summed E-state index contributed by atoms with van der Waals surface area (Å²) < 4.78 is 4.99. The van der Waals surface area contributed by atoms with Gasteiger partial charge in [0.15, 0.2) is 0 Å². The normalized spacial score (nSPS) is 10.3. The number of hydrogen-bond acceptors (Lipinski definition) is 6. The average Bonchev–Trinajstić information content (AvgIpc) is 2.69.